The maximum absolute atomic E-state index is 11.2. The van der Waals surface area contributed by atoms with Crippen LogP contribution in [0.3, 0.4) is 0 Å². The van der Waals surface area contributed by atoms with E-state index in [9.17, 15) is 4.79 Å². The molecule has 0 saturated carbocycles. The molecule has 1 aliphatic heterocycles. The number of nitrogens with two attached hydrogens (primary N) is 1. The molecule has 1 aliphatic rings. The molecule has 2 N–H and O–H groups in total. The summed E-state index contributed by atoms with van der Waals surface area (Å²) in [6, 6.07) is 1.92. The van der Waals surface area contributed by atoms with Crippen molar-refractivity contribution in [3.63, 3.8) is 0 Å². The first kappa shape index (κ1) is 11.6. The van der Waals surface area contributed by atoms with Crippen LogP contribution in [0.25, 0.3) is 0 Å². The molecule has 2 heterocycles. The highest BCUT2D eigenvalue weighted by molar-refractivity contribution is 5.73. The molecule has 0 aromatic carbocycles. The number of nitrogens with zero attached hydrogens (tertiary/aromatic N) is 4. The van der Waals surface area contributed by atoms with Gasteiger partial charge in [-0.3, -0.25) is 4.79 Å². The standard InChI is InChI=1S/C11H17N5O/c1-8-7-10(14-11(12)13-8)16-5-3-15(4-6-16)9(2)17/h7H,3-6H2,1-2H3,(H2,12,13,14). The number of anilines is 2. The monoisotopic (exact) mass is 235 g/mol. The molecule has 92 valence electrons. The van der Waals surface area contributed by atoms with E-state index in [1.165, 1.54) is 0 Å². The molecule has 0 spiro atoms. The maximum Gasteiger partial charge on any atom is 0.222 e. The summed E-state index contributed by atoms with van der Waals surface area (Å²) < 4.78 is 0. The zero-order chi connectivity index (χ0) is 12.4. The zero-order valence-electron chi connectivity index (χ0n) is 10.2. The second-order valence-electron chi connectivity index (χ2n) is 4.22. The van der Waals surface area contributed by atoms with Crippen LogP contribution >= 0.6 is 0 Å². The summed E-state index contributed by atoms with van der Waals surface area (Å²) in [6.07, 6.45) is 0. The Labute approximate surface area is 100 Å². The average Bonchev–Trinajstić information content (AvgIpc) is 2.28. The van der Waals surface area contributed by atoms with Crippen LogP contribution in [0.2, 0.25) is 0 Å². The van der Waals surface area contributed by atoms with E-state index in [-0.39, 0.29) is 5.91 Å². The smallest absolute Gasteiger partial charge is 0.222 e. The third kappa shape index (κ3) is 2.64. The number of aryl methyl sites for hydroxylation is 1. The van der Waals surface area contributed by atoms with Gasteiger partial charge < -0.3 is 15.5 Å². The summed E-state index contributed by atoms with van der Waals surface area (Å²) in [6.45, 7) is 6.54. The van der Waals surface area contributed by atoms with Crippen LogP contribution in [-0.2, 0) is 4.79 Å². The van der Waals surface area contributed by atoms with Gasteiger partial charge in [0.2, 0.25) is 11.9 Å². The van der Waals surface area contributed by atoms with Crippen LogP contribution in [0.5, 0.6) is 0 Å². The number of amides is 1. The van der Waals surface area contributed by atoms with E-state index >= 15 is 0 Å². The van der Waals surface area contributed by atoms with Gasteiger partial charge in [-0.1, -0.05) is 0 Å². The van der Waals surface area contributed by atoms with Crippen molar-refractivity contribution in [2.45, 2.75) is 13.8 Å². The van der Waals surface area contributed by atoms with Crippen LogP contribution in [0.4, 0.5) is 11.8 Å². The predicted octanol–water partition coefficient (Wildman–Crippen LogP) is 0.0357. The van der Waals surface area contributed by atoms with Gasteiger partial charge in [0, 0.05) is 44.9 Å². The van der Waals surface area contributed by atoms with E-state index in [1.807, 2.05) is 17.9 Å². The number of rotatable bonds is 1. The van der Waals surface area contributed by atoms with Crippen LogP contribution in [0, 0.1) is 6.92 Å². The maximum atomic E-state index is 11.2. The predicted molar refractivity (Wildman–Crippen MR) is 65.6 cm³/mol. The van der Waals surface area contributed by atoms with Crippen molar-refractivity contribution in [2.24, 2.45) is 0 Å². The van der Waals surface area contributed by atoms with E-state index in [1.54, 1.807) is 6.92 Å². The van der Waals surface area contributed by atoms with Crippen LogP contribution in [0.1, 0.15) is 12.6 Å². The molecule has 0 atom stereocenters. The molecule has 1 aromatic heterocycles. The number of piperazine rings is 1. The SMILES string of the molecule is CC(=O)N1CCN(c2cc(C)nc(N)n2)CC1. The van der Waals surface area contributed by atoms with E-state index in [0.717, 1.165) is 37.7 Å². The van der Waals surface area contributed by atoms with Gasteiger partial charge in [0.05, 0.1) is 0 Å². The Morgan fingerprint density at radius 3 is 2.47 bits per heavy atom. The van der Waals surface area contributed by atoms with Crippen LogP contribution < -0.4 is 10.6 Å². The molecular formula is C11H17N5O. The highest BCUT2D eigenvalue weighted by atomic mass is 16.2. The number of carbonyl (C=O) groups excluding carboxylic acids is 1. The third-order valence-corrected chi connectivity index (χ3v) is 2.91. The lowest BCUT2D eigenvalue weighted by Crippen LogP contribution is -2.48. The molecule has 6 heteroatoms. The van der Waals surface area contributed by atoms with E-state index in [4.69, 9.17) is 5.73 Å². The van der Waals surface area contributed by atoms with Crippen molar-refractivity contribution in [2.75, 3.05) is 36.8 Å². The molecule has 2 rings (SSSR count). The Balaban J connectivity index is 2.07. The largest absolute Gasteiger partial charge is 0.368 e. The van der Waals surface area contributed by atoms with Crippen molar-refractivity contribution in [3.05, 3.63) is 11.8 Å². The van der Waals surface area contributed by atoms with Crippen molar-refractivity contribution < 1.29 is 4.79 Å². The molecule has 0 unspecified atom stereocenters. The summed E-state index contributed by atoms with van der Waals surface area (Å²) in [5.41, 5.74) is 6.49. The minimum atomic E-state index is 0.128. The van der Waals surface area contributed by atoms with Gasteiger partial charge in [0.1, 0.15) is 5.82 Å². The fourth-order valence-electron chi connectivity index (χ4n) is 1.99. The molecule has 1 amide bonds. The third-order valence-electron chi connectivity index (χ3n) is 2.91. The molecule has 0 bridgehead atoms. The quantitative estimate of drug-likeness (QED) is 0.743. The van der Waals surface area contributed by atoms with E-state index < -0.39 is 0 Å². The number of hydrogen-bond acceptors (Lipinski definition) is 5. The van der Waals surface area contributed by atoms with Crippen molar-refractivity contribution in [3.8, 4) is 0 Å². The number of hydrogen-bond donors (Lipinski definition) is 1. The average molecular weight is 235 g/mol. The first-order valence-corrected chi connectivity index (χ1v) is 5.68. The number of carbonyl (C=O) groups is 1. The Hall–Kier alpha value is -1.85. The highest BCUT2D eigenvalue weighted by Gasteiger charge is 2.19. The van der Waals surface area contributed by atoms with E-state index in [2.05, 4.69) is 14.9 Å². The summed E-state index contributed by atoms with van der Waals surface area (Å²) in [5, 5.41) is 0. The summed E-state index contributed by atoms with van der Waals surface area (Å²) in [4.78, 5) is 23.4. The summed E-state index contributed by atoms with van der Waals surface area (Å²) >= 11 is 0. The lowest BCUT2D eigenvalue weighted by molar-refractivity contribution is -0.129. The Bertz CT molecular complexity index is 406. The Morgan fingerprint density at radius 1 is 1.29 bits per heavy atom. The van der Waals surface area contributed by atoms with E-state index in [0.29, 0.717) is 5.95 Å². The normalized spacial score (nSPS) is 16.1. The van der Waals surface area contributed by atoms with Gasteiger partial charge in [-0.2, -0.15) is 4.98 Å². The van der Waals surface area contributed by atoms with Gasteiger partial charge in [-0.05, 0) is 6.92 Å². The van der Waals surface area contributed by atoms with Crippen LogP contribution in [0.15, 0.2) is 6.07 Å². The lowest BCUT2D eigenvalue weighted by Gasteiger charge is -2.34. The minimum Gasteiger partial charge on any atom is -0.368 e. The lowest BCUT2D eigenvalue weighted by atomic mass is 10.3. The highest BCUT2D eigenvalue weighted by Crippen LogP contribution is 2.15. The van der Waals surface area contributed by atoms with Gasteiger partial charge >= 0.3 is 0 Å². The molecule has 0 radical (unpaired) electrons. The molecule has 1 aromatic rings. The molecule has 1 fully saturated rings. The minimum absolute atomic E-state index is 0.128. The van der Waals surface area contributed by atoms with Crippen molar-refractivity contribution in [1.82, 2.24) is 14.9 Å². The van der Waals surface area contributed by atoms with Crippen LogP contribution in [-0.4, -0.2) is 47.0 Å². The fourth-order valence-corrected chi connectivity index (χ4v) is 1.99. The van der Waals surface area contributed by atoms with Crippen molar-refractivity contribution >= 4 is 17.7 Å². The number of nitrogen functional groups attached to an aromatic ring is 1. The first-order valence-electron chi connectivity index (χ1n) is 5.68. The second-order valence-corrected chi connectivity index (χ2v) is 4.22. The van der Waals surface area contributed by atoms with Crippen molar-refractivity contribution in [1.29, 1.82) is 0 Å². The molecule has 1 saturated heterocycles. The summed E-state index contributed by atoms with van der Waals surface area (Å²) in [5.74, 6) is 1.27. The molecule has 17 heavy (non-hydrogen) atoms. The summed E-state index contributed by atoms with van der Waals surface area (Å²) in [7, 11) is 0. The Kier molecular flexibility index (Phi) is 3.12. The molecule has 0 aliphatic carbocycles. The van der Waals surface area contributed by atoms with Gasteiger partial charge in [0.15, 0.2) is 0 Å². The molecular weight excluding hydrogens is 218 g/mol. The number of aromatic nitrogens is 2. The van der Waals surface area contributed by atoms with Gasteiger partial charge in [-0.15, -0.1) is 0 Å². The fraction of sp³-hybridized carbons (Fsp3) is 0.545. The first-order chi connectivity index (χ1) is 8.06. The molecule has 6 nitrogen and oxygen atoms in total. The second kappa shape index (κ2) is 4.57. The Morgan fingerprint density at radius 2 is 1.94 bits per heavy atom. The van der Waals surface area contributed by atoms with Gasteiger partial charge in [-0.25, -0.2) is 4.98 Å². The zero-order valence-corrected chi connectivity index (χ0v) is 10.2. The topological polar surface area (TPSA) is 75.4 Å². The van der Waals surface area contributed by atoms with Gasteiger partial charge in [0.25, 0.3) is 0 Å².